The van der Waals surface area contributed by atoms with Crippen LogP contribution in [0.25, 0.3) is 22.5 Å². The van der Waals surface area contributed by atoms with Crippen molar-refractivity contribution in [1.82, 2.24) is 29.8 Å². The maximum atomic E-state index is 4.80. The van der Waals surface area contributed by atoms with Gasteiger partial charge in [0.2, 0.25) is 5.95 Å². The number of likely N-dealkylation sites (N-methyl/N-ethyl adjacent to an activating group) is 1. The van der Waals surface area contributed by atoms with E-state index < -0.39 is 0 Å². The molecule has 0 radical (unpaired) electrons. The minimum atomic E-state index is 0.723. The van der Waals surface area contributed by atoms with Crippen molar-refractivity contribution in [2.24, 2.45) is 0 Å². The summed E-state index contributed by atoms with van der Waals surface area (Å²) < 4.78 is 0. The average Bonchev–Trinajstić information content (AvgIpc) is 2.69. The number of hydrogen-bond acceptors (Lipinski definition) is 7. The van der Waals surface area contributed by atoms with E-state index in [1.165, 1.54) is 0 Å². The molecule has 0 amide bonds. The van der Waals surface area contributed by atoms with Crippen LogP contribution < -0.4 is 4.90 Å². The van der Waals surface area contributed by atoms with E-state index in [0.29, 0.717) is 0 Å². The fourth-order valence-corrected chi connectivity index (χ4v) is 3.04. The first-order valence-corrected chi connectivity index (χ1v) is 8.71. The number of rotatable bonds is 3. The van der Waals surface area contributed by atoms with Crippen LogP contribution in [0.1, 0.15) is 5.82 Å². The first-order valence-electron chi connectivity index (χ1n) is 8.71. The molecule has 0 atom stereocenters. The predicted molar refractivity (Wildman–Crippen MR) is 101 cm³/mol. The molecule has 3 aromatic heterocycles. The molecule has 0 aromatic carbocycles. The number of aromatic nitrogens is 5. The summed E-state index contributed by atoms with van der Waals surface area (Å²) in [6.07, 6.45) is 7.21. The van der Waals surface area contributed by atoms with Gasteiger partial charge in [0, 0.05) is 62.1 Å². The lowest BCUT2D eigenvalue weighted by molar-refractivity contribution is 0.311. The summed E-state index contributed by atoms with van der Waals surface area (Å²) >= 11 is 0. The first-order chi connectivity index (χ1) is 12.7. The van der Waals surface area contributed by atoms with Gasteiger partial charge in [-0.2, -0.15) is 0 Å². The molecule has 4 heterocycles. The van der Waals surface area contributed by atoms with Crippen LogP contribution in [0.5, 0.6) is 0 Å². The Labute approximate surface area is 152 Å². The molecule has 0 N–H and O–H groups in total. The van der Waals surface area contributed by atoms with Crippen LogP contribution in [0.4, 0.5) is 5.95 Å². The van der Waals surface area contributed by atoms with Crippen molar-refractivity contribution in [3.05, 3.63) is 48.8 Å². The highest BCUT2D eigenvalue weighted by Gasteiger charge is 2.18. The van der Waals surface area contributed by atoms with Gasteiger partial charge >= 0.3 is 0 Å². The summed E-state index contributed by atoms with van der Waals surface area (Å²) in [6, 6.07) is 5.82. The normalized spacial score (nSPS) is 15.2. The maximum absolute atomic E-state index is 4.80. The average molecular weight is 347 g/mol. The van der Waals surface area contributed by atoms with Crippen LogP contribution in [0.3, 0.4) is 0 Å². The van der Waals surface area contributed by atoms with E-state index >= 15 is 0 Å². The fourth-order valence-electron chi connectivity index (χ4n) is 3.04. The first kappa shape index (κ1) is 16.5. The molecule has 1 fully saturated rings. The van der Waals surface area contributed by atoms with Gasteiger partial charge < -0.3 is 9.80 Å². The van der Waals surface area contributed by atoms with Crippen molar-refractivity contribution in [3.63, 3.8) is 0 Å². The van der Waals surface area contributed by atoms with Crippen LogP contribution in [0, 0.1) is 6.92 Å². The van der Waals surface area contributed by atoms with E-state index in [-0.39, 0.29) is 0 Å². The van der Waals surface area contributed by atoms with Gasteiger partial charge in [-0.15, -0.1) is 0 Å². The second-order valence-corrected chi connectivity index (χ2v) is 6.45. The zero-order valence-corrected chi connectivity index (χ0v) is 15.0. The summed E-state index contributed by atoms with van der Waals surface area (Å²) in [7, 11) is 2.14. The van der Waals surface area contributed by atoms with Crippen LogP contribution in [-0.2, 0) is 0 Å². The third kappa shape index (κ3) is 3.39. The summed E-state index contributed by atoms with van der Waals surface area (Å²) in [5.41, 5.74) is 3.51. The highest BCUT2D eigenvalue weighted by Crippen LogP contribution is 2.29. The molecule has 0 bridgehead atoms. The Kier molecular flexibility index (Phi) is 4.53. The lowest BCUT2D eigenvalue weighted by Crippen LogP contribution is -2.45. The summed E-state index contributed by atoms with van der Waals surface area (Å²) in [4.78, 5) is 27.1. The third-order valence-corrected chi connectivity index (χ3v) is 4.55. The van der Waals surface area contributed by atoms with Crippen LogP contribution in [-0.4, -0.2) is 63.0 Å². The van der Waals surface area contributed by atoms with Gasteiger partial charge in [0.25, 0.3) is 0 Å². The Bertz CT molecular complexity index is 889. The molecule has 3 aromatic rings. The van der Waals surface area contributed by atoms with Gasteiger partial charge in [0.05, 0.1) is 11.4 Å². The smallest absolute Gasteiger partial charge is 0.225 e. The summed E-state index contributed by atoms with van der Waals surface area (Å²) in [5, 5.41) is 0. The van der Waals surface area contributed by atoms with Crippen molar-refractivity contribution < 1.29 is 0 Å². The van der Waals surface area contributed by atoms with E-state index in [1.807, 2.05) is 43.7 Å². The molecule has 0 aliphatic carbocycles. The number of hydrogen-bond donors (Lipinski definition) is 0. The summed E-state index contributed by atoms with van der Waals surface area (Å²) in [5.74, 6) is 1.48. The lowest BCUT2D eigenvalue weighted by Gasteiger charge is -2.32. The number of nitrogens with zero attached hydrogens (tertiary/aromatic N) is 7. The molecule has 7 nitrogen and oxygen atoms in total. The standard InChI is InChI=1S/C19H21N7/c1-14-22-13-16(18(23-14)15-4-3-6-20-12-15)17-5-7-21-19(24-17)26-10-8-25(2)9-11-26/h3-7,12-13H,8-11H2,1-2H3. The maximum Gasteiger partial charge on any atom is 0.225 e. The van der Waals surface area contributed by atoms with Crippen molar-refractivity contribution >= 4 is 5.95 Å². The van der Waals surface area contributed by atoms with Crippen LogP contribution in [0.2, 0.25) is 0 Å². The molecular formula is C19H21N7. The highest BCUT2D eigenvalue weighted by atomic mass is 15.3. The Hall–Kier alpha value is -2.93. The Morgan fingerprint density at radius 3 is 2.54 bits per heavy atom. The van der Waals surface area contributed by atoms with Gasteiger partial charge in [-0.05, 0) is 32.2 Å². The number of pyridine rings is 1. The quantitative estimate of drug-likeness (QED) is 0.718. The number of anilines is 1. The largest absolute Gasteiger partial charge is 0.338 e. The second kappa shape index (κ2) is 7.13. The molecule has 26 heavy (non-hydrogen) atoms. The molecule has 132 valence electrons. The van der Waals surface area contributed by atoms with E-state index in [9.17, 15) is 0 Å². The molecule has 0 unspecified atom stereocenters. The van der Waals surface area contributed by atoms with E-state index in [0.717, 1.165) is 60.5 Å². The van der Waals surface area contributed by atoms with Crippen molar-refractivity contribution in [2.75, 3.05) is 38.1 Å². The molecule has 7 heteroatoms. The Morgan fingerprint density at radius 2 is 1.77 bits per heavy atom. The predicted octanol–water partition coefficient (Wildman–Crippen LogP) is 2.06. The van der Waals surface area contributed by atoms with Gasteiger partial charge in [0.1, 0.15) is 5.82 Å². The molecule has 0 spiro atoms. The Morgan fingerprint density at radius 1 is 0.923 bits per heavy atom. The van der Waals surface area contributed by atoms with E-state index in [1.54, 1.807) is 6.20 Å². The highest BCUT2D eigenvalue weighted by molar-refractivity contribution is 5.78. The summed E-state index contributed by atoms with van der Waals surface area (Å²) in [6.45, 7) is 5.78. The topological polar surface area (TPSA) is 70.9 Å². The van der Waals surface area contributed by atoms with Gasteiger partial charge in [-0.3, -0.25) is 4.98 Å². The molecule has 4 rings (SSSR count). The second-order valence-electron chi connectivity index (χ2n) is 6.45. The molecule has 1 aliphatic heterocycles. The van der Waals surface area contributed by atoms with Crippen LogP contribution in [0.15, 0.2) is 43.0 Å². The SMILES string of the molecule is Cc1ncc(-c2ccnc(N3CCN(C)CC3)n2)c(-c2cccnc2)n1. The van der Waals surface area contributed by atoms with Gasteiger partial charge in [-0.1, -0.05) is 0 Å². The van der Waals surface area contributed by atoms with Gasteiger partial charge in [0.15, 0.2) is 0 Å². The molecule has 1 saturated heterocycles. The zero-order valence-electron chi connectivity index (χ0n) is 15.0. The van der Waals surface area contributed by atoms with Crippen molar-refractivity contribution in [1.29, 1.82) is 0 Å². The molecule has 1 aliphatic rings. The fraction of sp³-hybridized carbons (Fsp3) is 0.316. The van der Waals surface area contributed by atoms with E-state index in [2.05, 4.69) is 36.8 Å². The molecular weight excluding hydrogens is 326 g/mol. The van der Waals surface area contributed by atoms with Crippen molar-refractivity contribution in [3.8, 4) is 22.5 Å². The minimum absolute atomic E-state index is 0.723. The number of piperazine rings is 1. The zero-order chi connectivity index (χ0) is 17.9. The third-order valence-electron chi connectivity index (χ3n) is 4.55. The molecule has 0 saturated carbocycles. The Balaban J connectivity index is 1.73. The minimum Gasteiger partial charge on any atom is -0.338 e. The monoisotopic (exact) mass is 347 g/mol. The van der Waals surface area contributed by atoms with E-state index in [4.69, 9.17) is 4.98 Å². The van der Waals surface area contributed by atoms with Crippen molar-refractivity contribution in [2.45, 2.75) is 6.92 Å². The van der Waals surface area contributed by atoms with Gasteiger partial charge in [-0.25, -0.2) is 19.9 Å². The number of aryl methyl sites for hydroxylation is 1. The lowest BCUT2D eigenvalue weighted by atomic mass is 10.1. The van der Waals surface area contributed by atoms with Crippen LogP contribution >= 0.6 is 0 Å².